The van der Waals surface area contributed by atoms with Crippen LogP contribution >= 0.6 is 0 Å². The maximum absolute atomic E-state index is 9.22. The molecule has 128 valence electrons. The quantitative estimate of drug-likeness (QED) is 0.694. The summed E-state index contributed by atoms with van der Waals surface area (Å²) < 4.78 is 0. The summed E-state index contributed by atoms with van der Waals surface area (Å²) in [5.74, 6) is 0. The van der Waals surface area contributed by atoms with Gasteiger partial charge in [0.25, 0.3) is 0 Å². The van der Waals surface area contributed by atoms with Crippen LogP contribution in [-0.4, -0.2) is 17.4 Å². The molecular formula is C23H25NO. The number of aliphatic hydroxyl groups excluding tert-OH is 1. The summed E-state index contributed by atoms with van der Waals surface area (Å²) in [6, 6.07) is 10.6. The topological polar surface area (TPSA) is 32.6 Å². The first-order valence-corrected chi connectivity index (χ1v) is 9.43. The Morgan fingerprint density at radius 2 is 1.72 bits per heavy atom. The highest BCUT2D eigenvalue weighted by Gasteiger charge is 2.24. The van der Waals surface area contributed by atoms with Crippen LogP contribution in [0, 0.1) is 0 Å². The minimum atomic E-state index is 0.884. The normalized spacial score (nSPS) is 21.3. The van der Waals surface area contributed by atoms with Crippen molar-refractivity contribution in [2.75, 3.05) is 6.54 Å². The third-order valence-corrected chi connectivity index (χ3v) is 5.54. The highest BCUT2D eigenvalue weighted by atomic mass is 16.2. The number of rotatable bonds is 3. The van der Waals surface area contributed by atoms with Gasteiger partial charge in [-0.2, -0.15) is 0 Å². The van der Waals surface area contributed by atoms with Crippen LogP contribution in [0.15, 0.2) is 81.6 Å². The SMILES string of the molecule is O/C=C/C1=C(C2=CC3=C(CC2)C(c2ccccc2)=NCC3)CCCC1. The van der Waals surface area contributed by atoms with Gasteiger partial charge in [-0.15, -0.1) is 0 Å². The number of hydrogen-bond acceptors (Lipinski definition) is 2. The van der Waals surface area contributed by atoms with Crippen LogP contribution in [0.1, 0.15) is 50.5 Å². The first kappa shape index (κ1) is 16.1. The molecule has 0 fully saturated rings. The van der Waals surface area contributed by atoms with Gasteiger partial charge in [-0.25, -0.2) is 0 Å². The van der Waals surface area contributed by atoms with Crippen LogP contribution in [0.4, 0.5) is 0 Å². The molecule has 1 heterocycles. The fourth-order valence-electron chi connectivity index (χ4n) is 4.34. The molecule has 0 amide bonds. The van der Waals surface area contributed by atoms with Crippen LogP contribution in [0.3, 0.4) is 0 Å². The van der Waals surface area contributed by atoms with Gasteiger partial charge in [0.1, 0.15) is 0 Å². The molecule has 0 saturated carbocycles. The van der Waals surface area contributed by atoms with Crippen molar-refractivity contribution in [3.8, 4) is 0 Å². The van der Waals surface area contributed by atoms with Gasteiger partial charge in [0.2, 0.25) is 0 Å². The number of aliphatic imine (C=N–C) groups is 1. The summed E-state index contributed by atoms with van der Waals surface area (Å²) in [5.41, 5.74) is 9.65. The van der Waals surface area contributed by atoms with Gasteiger partial charge in [-0.1, -0.05) is 36.4 Å². The average molecular weight is 331 g/mol. The van der Waals surface area contributed by atoms with E-state index in [0.717, 1.165) is 38.6 Å². The van der Waals surface area contributed by atoms with E-state index < -0.39 is 0 Å². The third-order valence-electron chi connectivity index (χ3n) is 5.54. The third kappa shape index (κ3) is 3.26. The number of nitrogens with zero attached hydrogens (tertiary/aromatic N) is 1. The number of allylic oxidation sites excluding steroid dienone is 6. The van der Waals surface area contributed by atoms with Gasteiger partial charge < -0.3 is 5.11 Å². The van der Waals surface area contributed by atoms with Crippen LogP contribution in [0.2, 0.25) is 0 Å². The lowest BCUT2D eigenvalue weighted by molar-refractivity contribution is 0.472. The lowest BCUT2D eigenvalue weighted by Gasteiger charge is -2.28. The zero-order valence-electron chi connectivity index (χ0n) is 14.7. The minimum absolute atomic E-state index is 0.884. The van der Waals surface area contributed by atoms with Crippen molar-refractivity contribution >= 4 is 5.71 Å². The lowest BCUT2D eigenvalue weighted by atomic mass is 9.78. The van der Waals surface area contributed by atoms with Crippen molar-refractivity contribution in [2.45, 2.75) is 44.9 Å². The largest absolute Gasteiger partial charge is 0.516 e. The number of benzene rings is 1. The summed E-state index contributed by atoms with van der Waals surface area (Å²) in [7, 11) is 0. The Labute approximate surface area is 150 Å². The zero-order valence-corrected chi connectivity index (χ0v) is 14.7. The van der Waals surface area contributed by atoms with E-state index in [1.165, 1.54) is 58.2 Å². The fourth-order valence-corrected chi connectivity index (χ4v) is 4.34. The first-order valence-electron chi connectivity index (χ1n) is 9.43. The Morgan fingerprint density at radius 1 is 0.880 bits per heavy atom. The molecule has 4 rings (SSSR count). The molecule has 1 aromatic carbocycles. The fraction of sp³-hybridized carbons (Fsp3) is 0.348. The highest BCUT2D eigenvalue weighted by molar-refractivity contribution is 6.14. The monoisotopic (exact) mass is 331 g/mol. The maximum Gasteiger partial charge on any atom is 0.0794 e. The molecule has 0 bridgehead atoms. The van der Waals surface area contributed by atoms with Crippen LogP contribution < -0.4 is 0 Å². The van der Waals surface area contributed by atoms with E-state index in [4.69, 9.17) is 4.99 Å². The number of dihydropyridines is 1. The van der Waals surface area contributed by atoms with E-state index in [-0.39, 0.29) is 0 Å². The molecule has 0 saturated heterocycles. The molecule has 0 spiro atoms. The standard InChI is InChI=1S/C23H25NO/c25-15-13-17-6-4-5-9-21(17)19-10-11-22-20(16-19)12-14-24-23(22)18-7-2-1-3-8-18/h1-3,7-8,13,15-16,25H,4-6,9-12,14H2/b15-13+. The Bertz CT molecular complexity index is 806. The van der Waals surface area contributed by atoms with Crippen LogP contribution in [-0.2, 0) is 0 Å². The van der Waals surface area contributed by atoms with E-state index in [0.29, 0.717) is 0 Å². The van der Waals surface area contributed by atoms with Gasteiger partial charge in [-0.3, -0.25) is 4.99 Å². The Hall–Kier alpha value is -2.35. The van der Waals surface area contributed by atoms with Gasteiger partial charge >= 0.3 is 0 Å². The van der Waals surface area contributed by atoms with Crippen molar-refractivity contribution in [3.05, 3.63) is 82.2 Å². The van der Waals surface area contributed by atoms with E-state index in [9.17, 15) is 5.11 Å². The Balaban J connectivity index is 1.71. The van der Waals surface area contributed by atoms with E-state index in [1.54, 1.807) is 0 Å². The second kappa shape index (κ2) is 7.26. The summed E-state index contributed by atoms with van der Waals surface area (Å²) in [5, 5.41) is 9.22. The van der Waals surface area contributed by atoms with Gasteiger partial charge in [0.15, 0.2) is 0 Å². The first-order chi connectivity index (χ1) is 12.4. The van der Waals surface area contributed by atoms with E-state index in [1.807, 2.05) is 6.08 Å². The molecule has 0 radical (unpaired) electrons. The second-order valence-corrected chi connectivity index (χ2v) is 7.05. The summed E-state index contributed by atoms with van der Waals surface area (Å²) in [4.78, 5) is 4.84. The molecule has 0 atom stereocenters. The summed E-state index contributed by atoms with van der Waals surface area (Å²) in [6.45, 7) is 0.884. The van der Waals surface area contributed by atoms with Crippen molar-refractivity contribution in [1.82, 2.24) is 0 Å². The molecule has 25 heavy (non-hydrogen) atoms. The van der Waals surface area contributed by atoms with Crippen LogP contribution in [0.25, 0.3) is 0 Å². The number of hydrogen-bond donors (Lipinski definition) is 1. The molecule has 0 aromatic heterocycles. The van der Waals surface area contributed by atoms with Gasteiger partial charge in [0, 0.05) is 6.54 Å². The average Bonchev–Trinajstić information content (AvgIpc) is 2.68. The zero-order chi connectivity index (χ0) is 17.1. The van der Waals surface area contributed by atoms with E-state index in [2.05, 4.69) is 36.4 Å². The van der Waals surface area contributed by atoms with Crippen molar-refractivity contribution in [2.24, 2.45) is 4.99 Å². The summed E-state index contributed by atoms with van der Waals surface area (Å²) >= 11 is 0. The van der Waals surface area contributed by atoms with Crippen molar-refractivity contribution < 1.29 is 5.11 Å². The molecule has 2 heteroatoms. The van der Waals surface area contributed by atoms with Crippen molar-refractivity contribution in [3.63, 3.8) is 0 Å². The predicted octanol–water partition coefficient (Wildman–Crippen LogP) is 5.84. The Kier molecular flexibility index (Phi) is 4.69. The molecule has 3 aliphatic rings. The Morgan fingerprint density at radius 3 is 2.56 bits per heavy atom. The lowest BCUT2D eigenvalue weighted by Crippen LogP contribution is -2.17. The number of aliphatic hydroxyl groups is 1. The maximum atomic E-state index is 9.22. The molecule has 2 nitrogen and oxygen atoms in total. The van der Waals surface area contributed by atoms with Crippen molar-refractivity contribution in [1.29, 1.82) is 0 Å². The second-order valence-electron chi connectivity index (χ2n) is 7.05. The molecule has 2 aliphatic carbocycles. The van der Waals surface area contributed by atoms with Gasteiger partial charge in [-0.05, 0) is 84.5 Å². The molecule has 0 unspecified atom stereocenters. The highest BCUT2D eigenvalue weighted by Crippen LogP contribution is 2.39. The van der Waals surface area contributed by atoms with Gasteiger partial charge in [0.05, 0.1) is 12.0 Å². The molecule has 1 N–H and O–H groups in total. The van der Waals surface area contributed by atoms with Crippen LogP contribution in [0.5, 0.6) is 0 Å². The molecule has 1 aliphatic heterocycles. The predicted molar refractivity (Wildman–Crippen MR) is 104 cm³/mol. The molecule has 1 aromatic rings. The summed E-state index contributed by atoms with van der Waals surface area (Å²) in [6.07, 6.45) is 13.5. The van der Waals surface area contributed by atoms with E-state index >= 15 is 0 Å². The molecular weight excluding hydrogens is 306 g/mol. The smallest absolute Gasteiger partial charge is 0.0794 e. The minimum Gasteiger partial charge on any atom is -0.516 e.